The van der Waals surface area contributed by atoms with Gasteiger partial charge in [0.05, 0.1) is 13.2 Å². The molecule has 0 fully saturated rings. The van der Waals surface area contributed by atoms with Crippen molar-refractivity contribution in [2.24, 2.45) is 0 Å². The van der Waals surface area contributed by atoms with Crippen molar-refractivity contribution in [1.29, 1.82) is 0 Å². The van der Waals surface area contributed by atoms with Crippen molar-refractivity contribution < 1.29 is 9.05 Å². The summed E-state index contributed by atoms with van der Waals surface area (Å²) in [6, 6.07) is 8.32. The number of rotatable bonds is 3. The largest absolute Gasteiger partial charge is 0.317 e. The standard InChI is InChI=1S/C12H18NO2P/c1-3-13(4-2)16-14-9-11-7-5-6-8-12(11)10-15-16/h5-8H,3-4,9-10H2,1-2H3. The van der Waals surface area contributed by atoms with Crippen LogP contribution in [0.4, 0.5) is 0 Å². The van der Waals surface area contributed by atoms with Crippen LogP contribution in [0, 0.1) is 0 Å². The van der Waals surface area contributed by atoms with Crippen molar-refractivity contribution >= 4 is 8.53 Å². The number of benzene rings is 1. The lowest BCUT2D eigenvalue weighted by Crippen LogP contribution is -2.18. The van der Waals surface area contributed by atoms with Crippen LogP contribution in [-0.2, 0) is 22.3 Å². The third-order valence-corrected chi connectivity index (χ3v) is 4.47. The maximum Gasteiger partial charge on any atom is 0.259 e. The summed E-state index contributed by atoms with van der Waals surface area (Å²) in [5, 5.41) is 0. The van der Waals surface area contributed by atoms with E-state index in [1.807, 2.05) is 12.1 Å². The van der Waals surface area contributed by atoms with E-state index in [1.165, 1.54) is 11.1 Å². The van der Waals surface area contributed by atoms with E-state index in [1.54, 1.807) is 0 Å². The molecule has 16 heavy (non-hydrogen) atoms. The van der Waals surface area contributed by atoms with Gasteiger partial charge >= 0.3 is 0 Å². The van der Waals surface area contributed by atoms with Gasteiger partial charge in [-0.3, -0.25) is 0 Å². The summed E-state index contributed by atoms with van der Waals surface area (Å²) in [6.07, 6.45) is 0. The normalized spacial score (nSPS) is 17.2. The van der Waals surface area contributed by atoms with E-state index in [0.717, 1.165) is 13.1 Å². The van der Waals surface area contributed by atoms with Crippen molar-refractivity contribution in [2.45, 2.75) is 27.1 Å². The molecule has 4 heteroatoms. The molecule has 0 N–H and O–H groups in total. The Morgan fingerprint density at radius 1 is 1.06 bits per heavy atom. The Bertz CT molecular complexity index is 315. The zero-order valence-corrected chi connectivity index (χ0v) is 10.7. The molecule has 0 atom stereocenters. The second-order valence-electron chi connectivity index (χ2n) is 3.69. The van der Waals surface area contributed by atoms with Crippen LogP contribution in [0.1, 0.15) is 25.0 Å². The Morgan fingerprint density at radius 2 is 1.56 bits per heavy atom. The Labute approximate surface area is 98.3 Å². The summed E-state index contributed by atoms with van der Waals surface area (Å²) in [7, 11) is -0.875. The van der Waals surface area contributed by atoms with Gasteiger partial charge in [0.25, 0.3) is 8.53 Å². The van der Waals surface area contributed by atoms with Crippen LogP contribution in [0.5, 0.6) is 0 Å². The minimum Gasteiger partial charge on any atom is -0.317 e. The molecule has 0 bridgehead atoms. The van der Waals surface area contributed by atoms with E-state index in [9.17, 15) is 0 Å². The molecule has 1 heterocycles. The number of nitrogens with zero attached hydrogens (tertiary/aromatic N) is 1. The lowest BCUT2D eigenvalue weighted by Gasteiger charge is -2.25. The molecule has 0 unspecified atom stereocenters. The summed E-state index contributed by atoms with van der Waals surface area (Å²) in [5.74, 6) is 0. The molecule has 3 nitrogen and oxygen atoms in total. The molecule has 0 radical (unpaired) electrons. The maximum absolute atomic E-state index is 5.84. The first kappa shape index (κ1) is 12.0. The van der Waals surface area contributed by atoms with Gasteiger partial charge in [-0.1, -0.05) is 38.1 Å². The van der Waals surface area contributed by atoms with Crippen LogP contribution in [0.2, 0.25) is 0 Å². The van der Waals surface area contributed by atoms with Crippen molar-refractivity contribution in [1.82, 2.24) is 4.67 Å². The monoisotopic (exact) mass is 239 g/mol. The fourth-order valence-electron chi connectivity index (χ4n) is 1.74. The van der Waals surface area contributed by atoms with E-state index < -0.39 is 8.53 Å². The van der Waals surface area contributed by atoms with E-state index >= 15 is 0 Å². The smallest absolute Gasteiger partial charge is 0.259 e. The van der Waals surface area contributed by atoms with Gasteiger partial charge in [-0.15, -0.1) is 0 Å². The minimum atomic E-state index is -0.875. The second-order valence-corrected chi connectivity index (χ2v) is 5.25. The molecule has 0 aromatic heterocycles. The molecule has 0 aliphatic carbocycles. The maximum atomic E-state index is 5.84. The highest BCUT2D eigenvalue weighted by molar-refractivity contribution is 7.44. The third-order valence-electron chi connectivity index (χ3n) is 2.74. The Hall–Kier alpha value is -0.470. The average molecular weight is 239 g/mol. The second kappa shape index (κ2) is 5.74. The predicted molar refractivity (Wildman–Crippen MR) is 65.9 cm³/mol. The van der Waals surface area contributed by atoms with Crippen LogP contribution in [0.3, 0.4) is 0 Å². The topological polar surface area (TPSA) is 21.7 Å². The highest BCUT2D eigenvalue weighted by atomic mass is 31.2. The van der Waals surface area contributed by atoms with Crippen LogP contribution in [0.25, 0.3) is 0 Å². The molecular formula is C12H18NO2P. The van der Waals surface area contributed by atoms with Crippen molar-refractivity contribution in [2.75, 3.05) is 13.1 Å². The van der Waals surface area contributed by atoms with Crippen LogP contribution < -0.4 is 0 Å². The van der Waals surface area contributed by atoms with E-state index in [2.05, 4.69) is 30.7 Å². The molecule has 0 amide bonds. The highest BCUT2D eigenvalue weighted by Gasteiger charge is 2.22. The molecule has 1 aliphatic rings. The fourth-order valence-corrected chi connectivity index (χ4v) is 3.11. The van der Waals surface area contributed by atoms with Gasteiger partial charge in [0, 0.05) is 13.1 Å². The number of hydrogen-bond donors (Lipinski definition) is 0. The number of hydrogen-bond acceptors (Lipinski definition) is 3. The molecule has 1 aliphatic heterocycles. The highest BCUT2D eigenvalue weighted by Crippen LogP contribution is 2.46. The molecule has 0 saturated carbocycles. The molecule has 0 spiro atoms. The summed E-state index contributed by atoms with van der Waals surface area (Å²) in [5.41, 5.74) is 2.50. The lowest BCUT2D eigenvalue weighted by atomic mass is 10.1. The van der Waals surface area contributed by atoms with Crippen molar-refractivity contribution in [3.8, 4) is 0 Å². The third kappa shape index (κ3) is 2.61. The molecular weight excluding hydrogens is 221 g/mol. The summed E-state index contributed by atoms with van der Waals surface area (Å²) >= 11 is 0. The molecule has 2 rings (SSSR count). The van der Waals surface area contributed by atoms with Crippen LogP contribution in [-0.4, -0.2) is 17.8 Å². The van der Waals surface area contributed by atoms with Crippen molar-refractivity contribution in [3.63, 3.8) is 0 Å². The van der Waals surface area contributed by atoms with Crippen molar-refractivity contribution in [3.05, 3.63) is 35.4 Å². The van der Waals surface area contributed by atoms with E-state index in [-0.39, 0.29) is 0 Å². The van der Waals surface area contributed by atoms with Gasteiger partial charge < -0.3 is 9.05 Å². The lowest BCUT2D eigenvalue weighted by molar-refractivity contribution is 0.210. The van der Waals surface area contributed by atoms with Gasteiger partial charge in [-0.2, -0.15) is 0 Å². The van der Waals surface area contributed by atoms with E-state index in [0.29, 0.717) is 13.2 Å². The van der Waals surface area contributed by atoms with Gasteiger partial charge in [-0.05, 0) is 11.1 Å². The van der Waals surface area contributed by atoms with Gasteiger partial charge in [0.15, 0.2) is 0 Å². The first-order valence-electron chi connectivity index (χ1n) is 5.72. The first-order valence-corrected chi connectivity index (χ1v) is 6.85. The number of fused-ring (bicyclic) bond motifs is 1. The fraction of sp³-hybridized carbons (Fsp3) is 0.500. The Balaban J connectivity index is 2.07. The zero-order chi connectivity index (χ0) is 11.4. The van der Waals surface area contributed by atoms with Crippen LogP contribution >= 0.6 is 8.53 Å². The summed E-state index contributed by atoms with van der Waals surface area (Å²) in [6.45, 7) is 7.54. The quantitative estimate of drug-likeness (QED) is 0.755. The van der Waals surface area contributed by atoms with Gasteiger partial charge in [0.1, 0.15) is 0 Å². The average Bonchev–Trinajstić information content (AvgIpc) is 2.54. The van der Waals surface area contributed by atoms with E-state index in [4.69, 9.17) is 9.05 Å². The van der Waals surface area contributed by atoms with Gasteiger partial charge in [0.2, 0.25) is 0 Å². The Kier molecular flexibility index (Phi) is 4.30. The molecule has 1 aromatic rings. The first-order chi connectivity index (χ1) is 7.85. The summed E-state index contributed by atoms with van der Waals surface area (Å²) in [4.78, 5) is 0. The van der Waals surface area contributed by atoms with Crippen LogP contribution in [0.15, 0.2) is 24.3 Å². The molecule has 88 valence electrons. The predicted octanol–water partition coefficient (Wildman–Crippen LogP) is 3.30. The Morgan fingerprint density at radius 3 is 2.00 bits per heavy atom. The molecule has 0 saturated heterocycles. The molecule has 1 aromatic carbocycles. The minimum absolute atomic E-state index is 0.665. The zero-order valence-electron chi connectivity index (χ0n) is 9.85. The SMILES string of the molecule is CCN(CC)P1OCc2ccccc2CO1. The van der Waals surface area contributed by atoms with Gasteiger partial charge in [-0.25, -0.2) is 4.67 Å². The summed E-state index contributed by atoms with van der Waals surface area (Å²) < 4.78 is 13.9.